The summed E-state index contributed by atoms with van der Waals surface area (Å²) in [6.07, 6.45) is 0.497. The summed E-state index contributed by atoms with van der Waals surface area (Å²) in [5, 5.41) is 20.0. The van der Waals surface area contributed by atoms with Crippen molar-refractivity contribution >= 4 is 35.2 Å². The van der Waals surface area contributed by atoms with Crippen LogP contribution in [0.4, 0.5) is 16.2 Å². The summed E-state index contributed by atoms with van der Waals surface area (Å²) in [5.74, 6) is -1.58. The van der Waals surface area contributed by atoms with Gasteiger partial charge in [-0.1, -0.05) is 51.1 Å². The number of hydrogen-bond donors (Lipinski definition) is 5. The summed E-state index contributed by atoms with van der Waals surface area (Å²) < 4.78 is 0. The van der Waals surface area contributed by atoms with Crippen LogP contribution < -0.4 is 21.3 Å². The van der Waals surface area contributed by atoms with Gasteiger partial charge in [-0.25, -0.2) is 4.79 Å². The monoisotopic (exact) mass is 496 g/mol. The fourth-order valence-corrected chi connectivity index (χ4v) is 3.61. The quantitative estimate of drug-likeness (QED) is 0.303. The van der Waals surface area contributed by atoms with Crippen LogP contribution in [0.25, 0.3) is 0 Å². The van der Waals surface area contributed by atoms with Gasteiger partial charge in [0.2, 0.25) is 11.8 Å². The van der Waals surface area contributed by atoms with Crippen molar-refractivity contribution in [1.29, 1.82) is 0 Å². The van der Waals surface area contributed by atoms with Crippen molar-refractivity contribution in [3.05, 3.63) is 59.7 Å². The summed E-state index contributed by atoms with van der Waals surface area (Å²) in [5.41, 5.74) is 2.99. The summed E-state index contributed by atoms with van der Waals surface area (Å²) in [6, 6.07) is 13.3. The summed E-state index contributed by atoms with van der Waals surface area (Å²) in [4.78, 5) is 48.4. The van der Waals surface area contributed by atoms with Crippen LogP contribution in [0.15, 0.2) is 48.5 Å². The number of hydrogen-bond acceptors (Lipinski definition) is 4. The molecule has 194 valence electrons. The number of carbonyl (C=O) groups excluding carboxylic acids is 3. The van der Waals surface area contributed by atoms with Crippen LogP contribution in [0.3, 0.4) is 0 Å². The lowest BCUT2D eigenvalue weighted by atomic mass is 10.0. The number of anilines is 2. The van der Waals surface area contributed by atoms with Gasteiger partial charge >= 0.3 is 12.0 Å². The first-order valence-electron chi connectivity index (χ1n) is 12.0. The van der Waals surface area contributed by atoms with E-state index in [0.29, 0.717) is 12.1 Å². The van der Waals surface area contributed by atoms with Gasteiger partial charge in [-0.05, 0) is 54.5 Å². The molecule has 0 fully saturated rings. The molecule has 2 aromatic carbocycles. The van der Waals surface area contributed by atoms with E-state index in [2.05, 4.69) is 21.3 Å². The first kappa shape index (κ1) is 28.4. The van der Waals surface area contributed by atoms with Crippen molar-refractivity contribution in [3.63, 3.8) is 0 Å². The maximum Gasteiger partial charge on any atom is 0.323 e. The Morgan fingerprint density at radius 1 is 0.917 bits per heavy atom. The molecule has 0 aliphatic heterocycles. The Morgan fingerprint density at radius 2 is 1.58 bits per heavy atom. The molecule has 0 saturated carbocycles. The SMILES string of the molecule is Cc1ccccc1NC(=O)Nc1ccc(CC(=O)NC(CC(C)C)C(=O)NC[C@H](C)CC(=O)O)cc1. The van der Waals surface area contributed by atoms with Crippen LogP contribution in [0.2, 0.25) is 0 Å². The van der Waals surface area contributed by atoms with Gasteiger partial charge in [-0.3, -0.25) is 14.4 Å². The average molecular weight is 497 g/mol. The Balaban J connectivity index is 1.89. The highest BCUT2D eigenvalue weighted by atomic mass is 16.4. The Bertz CT molecular complexity index is 1050. The number of amides is 4. The number of carbonyl (C=O) groups is 4. The van der Waals surface area contributed by atoms with Crippen molar-refractivity contribution in [1.82, 2.24) is 10.6 Å². The van der Waals surface area contributed by atoms with E-state index in [1.807, 2.05) is 45.0 Å². The summed E-state index contributed by atoms with van der Waals surface area (Å²) in [7, 11) is 0. The molecule has 4 amide bonds. The number of carboxylic acids is 1. The molecular weight excluding hydrogens is 460 g/mol. The fraction of sp³-hybridized carbons (Fsp3) is 0.407. The van der Waals surface area contributed by atoms with Crippen LogP contribution in [0.1, 0.15) is 44.7 Å². The largest absolute Gasteiger partial charge is 0.481 e. The minimum atomic E-state index is -0.920. The van der Waals surface area contributed by atoms with Crippen molar-refractivity contribution in [2.75, 3.05) is 17.2 Å². The van der Waals surface area contributed by atoms with Gasteiger partial charge in [-0.15, -0.1) is 0 Å². The maximum atomic E-state index is 12.6. The molecule has 0 aliphatic rings. The number of aryl methyl sites for hydroxylation is 1. The first-order valence-corrected chi connectivity index (χ1v) is 12.0. The molecule has 36 heavy (non-hydrogen) atoms. The zero-order valence-corrected chi connectivity index (χ0v) is 21.3. The Hall–Kier alpha value is -3.88. The van der Waals surface area contributed by atoms with Crippen molar-refractivity contribution in [3.8, 4) is 0 Å². The van der Waals surface area contributed by atoms with Crippen molar-refractivity contribution in [2.24, 2.45) is 11.8 Å². The molecular formula is C27H36N4O5. The third-order valence-corrected chi connectivity index (χ3v) is 5.48. The predicted octanol–water partition coefficient (Wildman–Crippen LogP) is 3.94. The van der Waals surface area contributed by atoms with E-state index in [1.54, 1.807) is 31.2 Å². The van der Waals surface area contributed by atoms with Gasteiger partial charge in [0.25, 0.3) is 0 Å². The van der Waals surface area contributed by atoms with Crippen LogP contribution in [0.5, 0.6) is 0 Å². The Labute approximate surface area is 212 Å². The molecule has 1 unspecified atom stereocenters. The highest BCUT2D eigenvalue weighted by Crippen LogP contribution is 2.15. The summed E-state index contributed by atoms with van der Waals surface area (Å²) in [6.45, 7) is 7.79. The number of aliphatic carboxylic acids is 1. The van der Waals surface area contributed by atoms with Gasteiger partial charge < -0.3 is 26.4 Å². The molecule has 0 spiro atoms. The van der Waals surface area contributed by atoms with Gasteiger partial charge in [0.15, 0.2) is 0 Å². The highest BCUT2D eigenvalue weighted by molar-refractivity contribution is 6.00. The molecule has 0 bridgehead atoms. The molecule has 2 atom stereocenters. The average Bonchev–Trinajstić information content (AvgIpc) is 2.79. The molecule has 0 aromatic heterocycles. The van der Waals surface area contributed by atoms with E-state index < -0.39 is 12.0 Å². The second kappa shape index (κ2) is 13.9. The molecule has 0 radical (unpaired) electrons. The Morgan fingerprint density at radius 3 is 2.19 bits per heavy atom. The lowest BCUT2D eigenvalue weighted by molar-refractivity contribution is -0.138. The van der Waals surface area contributed by atoms with Crippen molar-refractivity contribution < 1.29 is 24.3 Å². The number of para-hydroxylation sites is 1. The molecule has 9 heteroatoms. The van der Waals surface area contributed by atoms with Gasteiger partial charge in [0.05, 0.1) is 6.42 Å². The fourth-order valence-electron chi connectivity index (χ4n) is 3.61. The number of carboxylic acid groups (broad SMARTS) is 1. The van der Waals surface area contributed by atoms with E-state index in [1.165, 1.54) is 0 Å². The van der Waals surface area contributed by atoms with Crippen LogP contribution in [-0.2, 0) is 20.8 Å². The van der Waals surface area contributed by atoms with E-state index in [0.717, 1.165) is 16.8 Å². The second-order valence-electron chi connectivity index (χ2n) is 9.47. The Kier molecular flexibility index (Phi) is 10.9. The summed E-state index contributed by atoms with van der Waals surface area (Å²) >= 11 is 0. The van der Waals surface area contributed by atoms with Gasteiger partial charge in [0.1, 0.15) is 6.04 Å². The van der Waals surface area contributed by atoms with Crippen LogP contribution in [-0.4, -0.2) is 41.5 Å². The number of urea groups is 1. The zero-order valence-electron chi connectivity index (χ0n) is 21.3. The van der Waals surface area contributed by atoms with Crippen LogP contribution >= 0.6 is 0 Å². The normalized spacial score (nSPS) is 12.4. The molecule has 0 aliphatic carbocycles. The number of rotatable bonds is 12. The smallest absolute Gasteiger partial charge is 0.323 e. The van der Waals surface area contributed by atoms with E-state index in [4.69, 9.17) is 5.11 Å². The van der Waals surface area contributed by atoms with Crippen LogP contribution in [0, 0.1) is 18.8 Å². The van der Waals surface area contributed by atoms with Gasteiger partial charge in [0, 0.05) is 24.3 Å². The number of benzene rings is 2. The molecule has 9 nitrogen and oxygen atoms in total. The minimum Gasteiger partial charge on any atom is -0.481 e. The topological polar surface area (TPSA) is 137 Å². The molecule has 0 saturated heterocycles. The third-order valence-electron chi connectivity index (χ3n) is 5.48. The molecule has 2 rings (SSSR count). The molecule has 5 N–H and O–H groups in total. The van der Waals surface area contributed by atoms with E-state index in [9.17, 15) is 19.2 Å². The standard InChI is InChI=1S/C27H36N4O5/c1-17(2)13-23(26(35)28-16-18(3)14-25(33)34)30-24(32)15-20-9-11-21(12-10-20)29-27(36)31-22-8-6-5-7-19(22)4/h5-12,17-18,23H,13-16H2,1-4H3,(H,28,35)(H,30,32)(H,33,34)(H2,29,31,36)/t18-,23?/m1/s1. The van der Waals surface area contributed by atoms with E-state index in [-0.39, 0.29) is 49.1 Å². The molecule has 2 aromatic rings. The van der Waals surface area contributed by atoms with Gasteiger partial charge in [-0.2, -0.15) is 0 Å². The third kappa shape index (κ3) is 10.2. The first-order chi connectivity index (χ1) is 17.0. The number of nitrogens with one attached hydrogen (secondary N) is 4. The zero-order chi connectivity index (χ0) is 26.7. The maximum absolute atomic E-state index is 12.6. The lowest BCUT2D eigenvalue weighted by Crippen LogP contribution is -2.48. The minimum absolute atomic E-state index is 0.0418. The lowest BCUT2D eigenvalue weighted by Gasteiger charge is -2.21. The highest BCUT2D eigenvalue weighted by Gasteiger charge is 2.22. The van der Waals surface area contributed by atoms with Crippen molar-refractivity contribution in [2.45, 2.75) is 53.0 Å². The van der Waals surface area contributed by atoms with E-state index >= 15 is 0 Å². The second-order valence-corrected chi connectivity index (χ2v) is 9.47. The predicted molar refractivity (Wildman–Crippen MR) is 140 cm³/mol. The molecule has 0 heterocycles.